The van der Waals surface area contributed by atoms with Crippen LogP contribution in [0.2, 0.25) is 0 Å². The number of piperazine rings is 1. The summed E-state index contributed by atoms with van der Waals surface area (Å²) < 4.78 is 1.81. The van der Waals surface area contributed by atoms with E-state index in [-0.39, 0.29) is 11.7 Å². The molecule has 0 bridgehead atoms. The molecule has 4 aromatic rings. The standard InChI is InChI=1S/C29H33N5O/c1-30-28-25-15-8-9-16-26(25)34(29(35)31-28)18-10-17-32-19-21-33(22-20-32)27(23-11-4-2-5-12-23)24-13-6-3-7-14-24/h2-9,11-16,27H,10,17-22H2,1H3,(H,30,31,35). The van der Waals surface area contributed by atoms with Crippen LogP contribution in [0.25, 0.3) is 10.9 Å². The molecular weight excluding hydrogens is 434 g/mol. The van der Waals surface area contributed by atoms with E-state index in [0.717, 1.165) is 50.0 Å². The third-order valence-electron chi connectivity index (χ3n) is 6.98. The number of aromatic nitrogens is 2. The van der Waals surface area contributed by atoms with Crippen molar-refractivity contribution in [2.75, 3.05) is 45.1 Å². The topological polar surface area (TPSA) is 53.4 Å². The molecule has 0 saturated carbocycles. The van der Waals surface area contributed by atoms with Gasteiger partial charge in [-0.1, -0.05) is 72.8 Å². The fraction of sp³-hybridized carbons (Fsp3) is 0.310. The maximum absolute atomic E-state index is 12.7. The molecule has 2 heterocycles. The van der Waals surface area contributed by atoms with Gasteiger partial charge in [-0.3, -0.25) is 9.47 Å². The van der Waals surface area contributed by atoms with Crippen molar-refractivity contribution < 1.29 is 0 Å². The van der Waals surface area contributed by atoms with E-state index in [0.29, 0.717) is 12.4 Å². The lowest BCUT2D eigenvalue weighted by Gasteiger charge is -2.40. The maximum atomic E-state index is 12.7. The number of anilines is 1. The third kappa shape index (κ3) is 5.14. The van der Waals surface area contributed by atoms with E-state index in [1.807, 2.05) is 28.8 Å². The lowest BCUT2D eigenvalue weighted by Crippen LogP contribution is -2.48. The first kappa shape index (κ1) is 23.3. The molecular formula is C29H33N5O. The van der Waals surface area contributed by atoms with Crippen molar-refractivity contribution in [1.82, 2.24) is 19.4 Å². The van der Waals surface area contributed by atoms with Gasteiger partial charge < -0.3 is 10.2 Å². The zero-order chi connectivity index (χ0) is 24.0. The molecule has 1 saturated heterocycles. The predicted molar refractivity (Wildman–Crippen MR) is 143 cm³/mol. The summed E-state index contributed by atoms with van der Waals surface area (Å²) in [6.45, 7) is 5.76. The molecule has 0 aliphatic carbocycles. The Morgan fingerprint density at radius 3 is 2.03 bits per heavy atom. The van der Waals surface area contributed by atoms with Crippen molar-refractivity contribution in [2.45, 2.75) is 19.0 Å². The largest absolute Gasteiger partial charge is 0.372 e. The van der Waals surface area contributed by atoms with Gasteiger partial charge in [-0.15, -0.1) is 0 Å². The zero-order valence-corrected chi connectivity index (χ0v) is 20.3. The summed E-state index contributed by atoms with van der Waals surface area (Å²) in [5, 5.41) is 4.03. The first-order valence-corrected chi connectivity index (χ1v) is 12.5. The van der Waals surface area contributed by atoms with Gasteiger partial charge in [-0.25, -0.2) is 4.79 Å². The number of benzene rings is 3. The molecule has 1 aromatic heterocycles. The molecule has 0 spiro atoms. The van der Waals surface area contributed by atoms with Crippen LogP contribution in [0, 0.1) is 0 Å². The van der Waals surface area contributed by atoms with Gasteiger partial charge in [0.15, 0.2) is 0 Å². The molecule has 0 amide bonds. The highest BCUT2D eigenvalue weighted by Crippen LogP contribution is 2.29. The Bertz CT molecular complexity index is 1260. The van der Waals surface area contributed by atoms with Gasteiger partial charge in [0.25, 0.3) is 0 Å². The Balaban J connectivity index is 1.22. The Morgan fingerprint density at radius 2 is 1.40 bits per heavy atom. The molecule has 180 valence electrons. The number of nitrogens with one attached hydrogen (secondary N) is 1. The minimum atomic E-state index is -0.188. The summed E-state index contributed by atoms with van der Waals surface area (Å²) in [4.78, 5) is 22.0. The molecule has 0 unspecified atom stereocenters. The first-order chi connectivity index (χ1) is 17.2. The van der Waals surface area contributed by atoms with Gasteiger partial charge in [0, 0.05) is 45.2 Å². The van der Waals surface area contributed by atoms with Crippen molar-refractivity contribution in [3.05, 3.63) is 107 Å². The van der Waals surface area contributed by atoms with Crippen molar-refractivity contribution >= 4 is 16.7 Å². The SMILES string of the molecule is CNc1nc(=O)n(CCCN2CCN(C(c3ccccc3)c3ccccc3)CC2)c2ccccc12. The van der Waals surface area contributed by atoms with Crippen LogP contribution < -0.4 is 11.0 Å². The van der Waals surface area contributed by atoms with E-state index in [4.69, 9.17) is 0 Å². The molecule has 6 heteroatoms. The van der Waals surface area contributed by atoms with Crippen LogP contribution in [-0.2, 0) is 6.54 Å². The normalized spacial score (nSPS) is 15.0. The average Bonchev–Trinajstić information content (AvgIpc) is 2.92. The van der Waals surface area contributed by atoms with Crippen molar-refractivity contribution in [2.24, 2.45) is 0 Å². The van der Waals surface area contributed by atoms with Gasteiger partial charge in [0.1, 0.15) is 5.82 Å². The van der Waals surface area contributed by atoms with Crippen LogP contribution in [0.5, 0.6) is 0 Å². The summed E-state index contributed by atoms with van der Waals surface area (Å²) in [7, 11) is 1.80. The number of rotatable bonds is 8. The lowest BCUT2D eigenvalue weighted by atomic mass is 9.96. The van der Waals surface area contributed by atoms with Crippen LogP contribution in [0.3, 0.4) is 0 Å². The van der Waals surface area contributed by atoms with Crippen LogP contribution in [0.1, 0.15) is 23.6 Å². The summed E-state index contributed by atoms with van der Waals surface area (Å²) in [6.07, 6.45) is 0.922. The van der Waals surface area contributed by atoms with Gasteiger partial charge in [-0.05, 0) is 36.2 Å². The molecule has 0 radical (unpaired) electrons. The monoisotopic (exact) mass is 467 g/mol. The molecule has 1 fully saturated rings. The van der Waals surface area contributed by atoms with E-state index in [2.05, 4.69) is 80.8 Å². The Kier molecular flexibility index (Phi) is 7.21. The van der Waals surface area contributed by atoms with E-state index >= 15 is 0 Å². The number of hydrogen-bond donors (Lipinski definition) is 1. The number of aryl methyl sites for hydroxylation is 1. The van der Waals surface area contributed by atoms with Gasteiger partial charge in [-0.2, -0.15) is 4.98 Å². The number of nitrogens with zero attached hydrogens (tertiary/aromatic N) is 4. The van der Waals surface area contributed by atoms with Crippen LogP contribution in [0.15, 0.2) is 89.7 Å². The molecule has 5 rings (SSSR count). The van der Waals surface area contributed by atoms with Gasteiger partial charge >= 0.3 is 5.69 Å². The number of para-hydroxylation sites is 1. The minimum absolute atomic E-state index is 0.188. The lowest BCUT2D eigenvalue weighted by molar-refractivity contribution is 0.108. The summed E-state index contributed by atoms with van der Waals surface area (Å²) >= 11 is 0. The first-order valence-electron chi connectivity index (χ1n) is 12.5. The van der Waals surface area contributed by atoms with E-state index in [9.17, 15) is 4.79 Å². The second kappa shape index (κ2) is 10.8. The Hall–Kier alpha value is -3.48. The van der Waals surface area contributed by atoms with Crippen molar-refractivity contribution in [3.8, 4) is 0 Å². The molecule has 1 N–H and O–H groups in total. The van der Waals surface area contributed by atoms with E-state index in [1.165, 1.54) is 11.1 Å². The fourth-order valence-electron chi connectivity index (χ4n) is 5.22. The molecule has 6 nitrogen and oxygen atoms in total. The second-order valence-corrected chi connectivity index (χ2v) is 9.12. The highest BCUT2D eigenvalue weighted by molar-refractivity contribution is 5.89. The maximum Gasteiger partial charge on any atom is 0.350 e. The van der Waals surface area contributed by atoms with Crippen molar-refractivity contribution in [3.63, 3.8) is 0 Å². The highest BCUT2D eigenvalue weighted by atomic mass is 16.1. The second-order valence-electron chi connectivity index (χ2n) is 9.12. The molecule has 3 aromatic carbocycles. The van der Waals surface area contributed by atoms with Crippen LogP contribution in [0.4, 0.5) is 5.82 Å². The predicted octanol–water partition coefficient (Wildman–Crippen LogP) is 4.24. The summed E-state index contributed by atoms with van der Waals surface area (Å²) in [5.74, 6) is 0.643. The average molecular weight is 468 g/mol. The minimum Gasteiger partial charge on any atom is -0.372 e. The van der Waals surface area contributed by atoms with E-state index < -0.39 is 0 Å². The fourth-order valence-corrected chi connectivity index (χ4v) is 5.22. The third-order valence-corrected chi connectivity index (χ3v) is 6.98. The molecule has 35 heavy (non-hydrogen) atoms. The quantitative estimate of drug-likeness (QED) is 0.420. The Morgan fingerprint density at radius 1 is 0.800 bits per heavy atom. The summed E-state index contributed by atoms with van der Waals surface area (Å²) in [6, 6.07) is 29.9. The van der Waals surface area contributed by atoms with Crippen LogP contribution >= 0.6 is 0 Å². The summed E-state index contributed by atoms with van der Waals surface area (Å²) in [5.41, 5.74) is 3.44. The molecule has 1 aliphatic heterocycles. The Labute approximate surface area is 206 Å². The smallest absolute Gasteiger partial charge is 0.350 e. The van der Waals surface area contributed by atoms with Gasteiger partial charge in [0.2, 0.25) is 0 Å². The van der Waals surface area contributed by atoms with Gasteiger partial charge in [0.05, 0.1) is 11.6 Å². The molecule has 0 atom stereocenters. The van der Waals surface area contributed by atoms with E-state index in [1.54, 1.807) is 7.05 Å². The molecule has 1 aliphatic rings. The zero-order valence-electron chi connectivity index (χ0n) is 20.3. The van der Waals surface area contributed by atoms with Crippen molar-refractivity contribution in [1.29, 1.82) is 0 Å². The van der Waals surface area contributed by atoms with Crippen LogP contribution in [-0.4, -0.2) is 59.1 Å². The highest BCUT2D eigenvalue weighted by Gasteiger charge is 2.26. The number of fused-ring (bicyclic) bond motifs is 1. The number of hydrogen-bond acceptors (Lipinski definition) is 5.